The zero-order chi connectivity index (χ0) is 14.7. The first-order valence-electron chi connectivity index (χ1n) is 6.09. The Hall–Kier alpha value is -1.99. The third-order valence-electron chi connectivity index (χ3n) is 2.69. The number of ether oxygens (including phenoxy) is 1. The number of benzene rings is 1. The molecule has 0 aliphatic carbocycles. The number of thiophene rings is 1. The summed E-state index contributed by atoms with van der Waals surface area (Å²) in [4.78, 5) is 20.9. The van der Waals surface area contributed by atoms with Crippen molar-refractivity contribution in [2.24, 2.45) is 0 Å². The number of hydrogen-bond acceptors (Lipinski definition) is 5. The molecule has 0 radical (unpaired) electrons. The van der Waals surface area contributed by atoms with Gasteiger partial charge in [0.05, 0.1) is 5.39 Å². The van der Waals surface area contributed by atoms with Crippen LogP contribution in [0.4, 0.5) is 5.69 Å². The van der Waals surface area contributed by atoms with E-state index in [1.165, 1.54) is 17.7 Å². The number of amides is 1. The van der Waals surface area contributed by atoms with Crippen molar-refractivity contribution in [2.45, 2.75) is 0 Å². The zero-order valence-electron chi connectivity index (χ0n) is 10.7. The van der Waals surface area contributed by atoms with Crippen molar-refractivity contribution in [2.75, 3.05) is 11.9 Å². The molecule has 2 heterocycles. The van der Waals surface area contributed by atoms with Gasteiger partial charge in [0.15, 0.2) is 6.61 Å². The lowest BCUT2D eigenvalue weighted by Crippen LogP contribution is -2.20. The molecule has 1 N–H and O–H groups in total. The summed E-state index contributed by atoms with van der Waals surface area (Å²) in [6, 6.07) is 9.21. The van der Waals surface area contributed by atoms with E-state index < -0.39 is 0 Å². The Bertz CT molecular complexity index is 773. The maximum Gasteiger partial charge on any atom is 0.262 e. The van der Waals surface area contributed by atoms with Crippen LogP contribution >= 0.6 is 27.3 Å². The number of nitrogens with one attached hydrogen (secondary N) is 1. The largest absolute Gasteiger partial charge is 0.467 e. The number of rotatable bonds is 4. The molecule has 0 aliphatic heterocycles. The van der Waals surface area contributed by atoms with Crippen molar-refractivity contribution in [3.05, 3.63) is 46.5 Å². The van der Waals surface area contributed by atoms with Crippen LogP contribution in [0.25, 0.3) is 10.2 Å². The predicted molar refractivity (Wildman–Crippen MR) is 85.7 cm³/mol. The molecule has 0 aliphatic rings. The van der Waals surface area contributed by atoms with Gasteiger partial charge < -0.3 is 10.1 Å². The Morgan fingerprint density at radius 1 is 1.24 bits per heavy atom. The van der Waals surface area contributed by atoms with Gasteiger partial charge >= 0.3 is 0 Å². The fourth-order valence-corrected chi connectivity index (χ4v) is 2.73. The molecule has 0 saturated heterocycles. The molecule has 1 aromatic carbocycles. The number of anilines is 1. The first-order chi connectivity index (χ1) is 10.2. The number of fused-ring (bicyclic) bond motifs is 1. The molecule has 5 nitrogen and oxygen atoms in total. The van der Waals surface area contributed by atoms with Gasteiger partial charge in [0.2, 0.25) is 5.88 Å². The van der Waals surface area contributed by atoms with Crippen LogP contribution < -0.4 is 10.1 Å². The average Bonchev–Trinajstić information content (AvgIpc) is 2.96. The zero-order valence-corrected chi connectivity index (χ0v) is 13.1. The standard InChI is InChI=1S/C14H10BrN3O2S/c15-9-1-3-10(4-2-9)18-12(19)7-20-13-11-5-6-21-14(11)17-8-16-13/h1-6,8H,7H2,(H,18,19). The number of aromatic nitrogens is 2. The molecule has 3 aromatic rings. The molecule has 3 rings (SSSR count). The van der Waals surface area contributed by atoms with Crippen LogP contribution in [0.1, 0.15) is 0 Å². The van der Waals surface area contributed by atoms with Gasteiger partial charge in [0, 0.05) is 10.2 Å². The summed E-state index contributed by atoms with van der Waals surface area (Å²) in [7, 11) is 0. The third-order valence-corrected chi connectivity index (χ3v) is 4.04. The number of hydrogen-bond donors (Lipinski definition) is 1. The third kappa shape index (κ3) is 3.37. The Morgan fingerprint density at radius 2 is 2.05 bits per heavy atom. The van der Waals surface area contributed by atoms with Crippen molar-refractivity contribution in [1.29, 1.82) is 0 Å². The molecule has 106 valence electrons. The minimum atomic E-state index is -0.237. The normalized spacial score (nSPS) is 10.5. The van der Waals surface area contributed by atoms with Gasteiger partial charge in [-0.25, -0.2) is 9.97 Å². The van der Waals surface area contributed by atoms with Crippen LogP contribution in [0.5, 0.6) is 5.88 Å². The van der Waals surface area contributed by atoms with E-state index in [0.717, 1.165) is 20.4 Å². The molecule has 0 saturated carbocycles. The first-order valence-corrected chi connectivity index (χ1v) is 7.76. The number of carbonyl (C=O) groups is 1. The topological polar surface area (TPSA) is 64.1 Å². The Labute approximate surface area is 133 Å². The summed E-state index contributed by atoms with van der Waals surface area (Å²) < 4.78 is 6.43. The van der Waals surface area contributed by atoms with Crippen molar-refractivity contribution >= 4 is 49.1 Å². The van der Waals surface area contributed by atoms with Crippen molar-refractivity contribution in [1.82, 2.24) is 9.97 Å². The van der Waals surface area contributed by atoms with Crippen LogP contribution in [0, 0.1) is 0 Å². The highest BCUT2D eigenvalue weighted by atomic mass is 79.9. The van der Waals surface area contributed by atoms with E-state index in [0.29, 0.717) is 5.88 Å². The van der Waals surface area contributed by atoms with Gasteiger partial charge in [0.25, 0.3) is 5.91 Å². The minimum absolute atomic E-state index is 0.0992. The van der Waals surface area contributed by atoms with Gasteiger partial charge in [-0.3, -0.25) is 4.79 Å². The van der Waals surface area contributed by atoms with Gasteiger partial charge in [0.1, 0.15) is 11.2 Å². The van der Waals surface area contributed by atoms with E-state index in [1.807, 2.05) is 35.7 Å². The maximum atomic E-state index is 11.9. The summed E-state index contributed by atoms with van der Waals surface area (Å²) in [6.07, 6.45) is 1.43. The van der Waals surface area contributed by atoms with Crippen LogP contribution in [-0.4, -0.2) is 22.5 Å². The molecule has 2 aromatic heterocycles. The quantitative estimate of drug-likeness (QED) is 0.770. The average molecular weight is 364 g/mol. The Balaban J connectivity index is 1.63. The van der Waals surface area contributed by atoms with Crippen molar-refractivity contribution in [3.8, 4) is 5.88 Å². The van der Waals surface area contributed by atoms with E-state index in [4.69, 9.17) is 4.74 Å². The number of halogens is 1. The smallest absolute Gasteiger partial charge is 0.262 e. The molecule has 7 heteroatoms. The highest BCUT2D eigenvalue weighted by Crippen LogP contribution is 2.25. The van der Waals surface area contributed by atoms with Crippen molar-refractivity contribution in [3.63, 3.8) is 0 Å². The molecule has 0 bridgehead atoms. The lowest BCUT2D eigenvalue weighted by molar-refractivity contribution is -0.118. The first kappa shape index (κ1) is 14.0. The molecule has 1 amide bonds. The fourth-order valence-electron chi connectivity index (χ4n) is 1.75. The molecular formula is C14H10BrN3O2S. The van der Waals surface area contributed by atoms with Gasteiger partial charge in [-0.2, -0.15) is 0 Å². The van der Waals surface area contributed by atoms with Crippen LogP contribution in [0.15, 0.2) is 46.5 Å². The highest BCUT2D eigenvalue weighted by Gasteiger charge is 2.08. The van der Waals surface area contributed by atoms with E-state index in [-0.39, 0.29) is 12.5 Å². The number of nitrogens with zero attached hydrogens (tertiary/aromatic N) is 2. The monoisotopic (exact) mass is 363 g/mol. The molecule has 0 spiro atoms. The van der Waals surface area contributed by atoms with Crippen LogP contribution in [-0.2, 0) is 4.79 Å². The minimum Gasteiger partial charge on any atom is -0.467 e. The van der Waals surface area contributed by atoms with E-state index in [9.17, 15) is 4.79 Å². The fraction of sp³-hybridized carbons (Fsp3) is 0.0714. The van der Waals surface area contributed by atoms with E-state index in [2.05, 4.69) is 31.2 Å². The molecule has 0 fully saturated rings. The predicted octanol–water partition coefficient (Wildman–Crippen LogP) is 3.47. The maximum absolute atomic E-state index is 11.9. The summed E-state index contributed by atoms with van der Waals surface area (Å²) >= 11 is 4.85. The summed E-state index contributed by atoms with van der Waals surface area (Å²) in [6.45, 7) is -0.0992. The molecule has 0 unspecified atom stereocenters. The lowest BCUT2D eigenvalue weighted by atomic mass is 10.3. The number of carbonyl (C=O) groups excluding carboxylic acids is 1. The van der Waals surface area contributed by atoms with Gasteiger partial charge in [-0.05, 0) is 35.7 Å². The van der Waals surface area contributed by atoms with Crippen molar-refractivity contribution < 1.29 is 9.53 Å². The summed E-state index contributed by atoms with van der Waals surface area (Å²) in [5, 5.41) is 5.48. The lowest BCUT2D eigenvalue weighted by Gasteiger charge is -2.07. The molecule has 21 heavy (non-hydrogen) atoms. The van der Waals surface area contributed by atoms with Gasteiger partial charge in [-0.15, -0.1) is 11.3 Å². The summed E-state index contributed by atoms with van der Waals surface area (Å²) in [5.41, 5.74) is 0.718. The SMILES string of the molecule is O=C(COc1ncnc2sccc12)Nc1ccc(Br)cc1. The van der Waals surface area contributed by atoms with Crippen LogP contribution in [0.2, 0.25) is 0 Å². The second kappa shape index (κ2) is 6.19. The Kier molecular flexibility index (Phi) is 4.12. The second-order valence-corrected chi connectivity index (χ2v) is 5.97. The Morgan fingerprint density at radius 3 is 2.86 bits per heavy atom. The molecule has 0 atom stereocenters. The highest BCUT2D eigenvalue weighted by molar-refractivity contribution is 9.10. The second-order valence-electron chi connectivity index (χ2n) is 4.16. The summed E-state index contributed by atoms with van der Waals surface area (Å²) in [5.74, 6) is 0.187. The molecular weight excluding hydrogens is 354 g/mol. The van der Waals surface area contributed by atoms with Crippen LogP contribution in [0.3, 0.4) is 0 Å². The van der Waals surface area contributed by atoms with Gasteiger partial charge in [-0.1, -0.05) is 15.9 Å². The van der Waals surface area contributed by atoms with E-state index >= 15 is 0 Å². The van der Waals surface area contributed by atoms with E-state index in [1.54, 1.807) is 0 Å².